The molecule has 5 heteroatoms. The van der Waals surface area contributed by atoms with Crippen LogP contribution in [0.5, 0.6) is 5.75 Å². The highest BCUT2D eigenvalue weighted by Gasteiger charge is 2.19. The van der Waals surface area contributed by atoms with Gasteiger partial charge in [0.1, 0.15) is 5.75 Å². The fraction of sp³-hybridized carbons (Fsp3) is 0.429. The van der Waals surface area contributed by atoms with Crippen molar-refractivity contribution in [2.45, 2.75) is 31.7 Å². The highest BCUT2D eigenvalue weighted by atomic mass is 16.5. The van der Waals surface area contributed by atoms with E-state index in [1.165, 1.54) is 25.7 Å². The van der Waals surface area contributed by atoms with Gasteiger partial charge in [-0.15, -0.1) is 0 Å². The minimum absolute atomic E-state index is 0.0598. The van der Waals surface area contributed by atoms with Crippen LogP contribution in [-0.4, -0.2) is 42.5 Å². The first-order valence-corrected chi connectivity index (χ1v) is 9.32. The zero-order valence-electron chi connectivity index (χ0n) is 15.4. The summed E-state index contributed by atoms with van der Waals surface area (Å²) in [6.07, 6.45) is 8.41. The maximum Gasteiger partial charge on any atom is 0.234 e. The number of carbonyl (C=O) groups excluding carboxylic acids is 1. The van der Waals surface area contributed by atoms with Crippen molar-refractivity contribution in [2.24, 2.45) is 0 Å². The van der Waals surface area contributed by atoms with Crippen molar-refractivity contribution in [3.05, 3.63) is 59.9 Å². The average molecular weight is 353 g/mol. The van der Waals surface area contributed by atoms with Crippen molar-refractivity contribution in [3.63, 3.8) is 0 Å². The summed E-state index contributed by atoms with van der Waals surface area (Å²) in [5.41, 5.74) is 2.05. The monoisotopic (exact) mass is 353 g/mol. The number of methoxy groups -OCH3 is 1. The first-order valence-electron chi connectivity index (χ1n) is 9.32. The van der Waals surface area contributed by atoms with Crippen LogP contribution in [-0.2, 0) is 4.79 Å². The van der Waals surface area contributed by atoms with E-state index >= 15 is 0 Å². The first kappa shape index (κ1) is 18.4. The third-order valence-corrected chi connectivity index (χ3v) is 4.86. The predicted octanol–water partition coefficient (Wildman–Crippen LogP) is 3.17. The van der Waals surface area contributed by atoms with Gasteiger partial charge in [0.05, 0.1) is 19.7 Å². The van der Waals surface area contributed by atoms with Crippen LogP contribution in [0.25, 0.3) is 0 Å². The number of aromatic nitrogens is 1. The largest absolute Gasteiger partial charge is 0.497 e. The Kier molecular flexibility index (Phi) is 6.61. The van der Waals surface area contributed by atoms with Crippen molar-refractivity contribution in [2.75, 3.05) is 26.7 Å². The highest BCUT2D eigenvalue weighted by Crippen LogP contribution is 2.24. The second-order valence-electron chi connectivity index (χ2n) is 6.74. The lowest BCUT2D eigenvalue weighted by atomic mass is 9.99. The summed E-state index contributed by atoms with van der Waals surface area (Å²) in [4.78, 5) is 19.1. The molecule has 1 atom stereocenters. The lowest BCUT2D eigenvalue weighted by Crippen LogP contribution is -2.39. The number of ether oxygens (including phenoxy) is 1. The maximum absolute atomic E-state index is 12.7. The third-order valence-electron chi connectivity index (χ3n) is 4.86. The Hall–Kier alpha value is -2.40. The van der Waals surface area contributed by atoms with E-state index in [0.29, 0.717) is 6.54 Å². The fourth-order valence-electron chi connectivity index (χ4n) is 3.42. The minimum Gasteiger partial charge on any atom is -0.497 e. The molecule has 0 unspecified atom stereocenters. The standard InChI is InChI=1S/C21H27N3O2/c1-26-19-8-6-17(7-9-19)21(18-10-12-22-13-11-18)23-20(25)16-24-14-4-2-3-5-15-24/h6-13,21H,2-5,14-16H2,1H3,(H,23,25)/t21-/m0/s1. The smallest absolute Gasteiger partial charge is 0.234 e. The van der Waals surface area contributed by atoms with Gasteiger partial charge < -0.3 is 10.1 Å². The Morgan fingerprint density at radius 2 is 1.65 bits per heavy atom. The van der Waals surface area contributed by atoms with Gasteiger partial charge >= 0.3 is 0 Å². The molecule has 0 spiro atoms. The number of pyridine rings is 1. The van der Waals surface area contributed by atoms with Gasteiger partial charge in [-0.3, -0.25) is 14.7 Å². The summed E-state index contributed by atoms with van der Waals surface area (Å²) < 4.78 is 5.24. The van der Waals surface area contributed by atoms with Crippen molar-refractivity contribution < 1.29 is 9.53 Å². The van der Waals surface area contributed by atoms with Gasteiger partial charge in [0.15, 0.2) is 0 Å². The van der Waals surface area contributed by atoms with Crippen LogP contribution in [0.3, 0.4) is 0 Å². The molecule has 3 rings (SSSR count). The fourth-order valence-corrected chi connectivity index (χ4v) is 3.42. The lowest BCUT2D eigenvalue weighted by Gasteiger charge is -2.23. The van der Waals surface area contributed by atoms with Gasteiger partial charge in [0.2, 0.25) is 5.91 Å². The van der Waals surface area contributed by atoms with Crippen LogP contribution in [0.2, 0.25) is 0 Å². The second-order valence-corrected chi connectivity index (χ2v) is 6.74. The Balaban J connectivity index is 1.73. The van der Waals surface area contributed by atoms with E-state index in [4.69, 9.17) is 4.74 Å². The van der Waals surface area contributed by atoms with Crippen LogP contribution in [0.15, 0.2) is 48.8 Å². The molecule has 1 aliphatic heterocycles. The van der Waals surface area contributed by atoms with Gasteiger partial charge in [0.25, 0.3) is 0 Å². The Morgan fingerprint density at radius 1 is 1.04 bits per heavy atom. The lowest BCUT2D eigenvalue weighted by molar-refractivity contribution is -0.122. The number of nitrogens with zero attached hydrogens (tertiary/aromatic N) is 2. The number of likely N-dealkylation sites (tertiary alicyclic amines) is 1. The Labute approximate surface area is 155 Å². The third kappa shape index (κ3) is 5.05. The number of hydrogen-bond acceptors (Lipinski definition) is 4. The number of amides is 1. The molecule has 138 valence electrons. The molecule has 1 aromatic heterocycles. The summed E-state index contributed by atoms with van der Waals surface area (Å²) in [5.74, 6) is 0.864. The molecule has 1 aliphatic rings. The van der Waals surface area contributed by atoms with E-state index in [1.807, 2.05) is 36.4 Å². The SMILES string of the molecule is COc1ccc([C@H](NC(=O)CN2CCCCCC2)c2ccncc2)cc1. The molecule has 0 radical (unpaired) electrons. The van der Waals surface area contributed by atoms with Gasteiger partial charge in [-0.1, -0.05) is 25.0 Å². The van der Waals surface area contributed by atoms with Crippen molar-refractivity contribution in [3.8, 4) is 5.75 Å². The molecular formula is C21H27N3O2. The molecule has 2 heterocycles. The van der Waals surface area contributed by atoms with Gasteiger partial charge in [-0.2, -0.15) is 0 Å². The molecule has 1 amide bonds. The number of nitrogens with one attached hydrogen (secondary N) is 1. The van der Waals surface area contributed by atoms with Crippen LogP contribution < -0.4 is 10.1 Å². The molecule has 1 aromatic carbocycles. The number of rotatable bonds is 6. The van der Waals surface area contributed by atoms with Crippen molar-refractivity contribution in [1.29, 1.82) is 0 Å². The molecule has 2 aromatic rings. The summed E-state index contributed by atoms with van der Waals surface area (Å²) >= 11 is 0. The van der Waals surface area contributed by atoms with E-state index in [1.54, 1.807) is 19.5 Å². The van der Waals surface area contributed by atoms with E-state index in [-0.39, 0.29) is 11.9 Å². The molecule has 0 aliphatic carbocycles. The number of hydrogen-bond donors (Lipinski definition) is 1. The zero-order chi connectivity index (χ0) is 18.2. The Bertz CT molecular complexity index is 680. The van der Waals surface area contributed by atoms with E-state index < -0.39 is 0 Å². The van der Waals surface area contributed by atoms with Crippen molar-refractivity contribution in [1.82, 2.24) is 15.2 Å². The normalized spacial score (nSPS) is 16.5. The summed E-state index contributed by atoms with van der Waals surface area (Å²) in [5, 5.41) is 3.21. The van der Waals surface area contributed by atoms with Crippen LogP contribution in [0.1, 0.15) is 42.9 Å². The minimum atomic E-state index is -0.191. The summed E-state index contributed by atoms with van der Waals surface area (Å²) in [6, 6.07) is 11.5. The zero-order valence-corrected chi connectivity index (χ0v) is 15.4. The first-order chi connectivity index (χ1) is 12.8. The van der Waals surface area contributed by atoms with E-state index in [9.17, 15) is 4.79 Å². The molecule has 26 heavy (non-hydrogen) atoms. The molecular weight excluding hydrogens is 326 g/mol. The number of benzene rings is 1. The second kappa shape index (κ2) is 9.34. The van der Waals surface area contributed by atoms with Crippen LogP contribution in [0.4, 0.5) is 0 Å². The van der Waals surface area contributed by atoms with E-state index in [0.717, 1.165) is 30.0 Å². The quantitative estimate of drug-likeness (QED) is 0.867. The van der Waals surface area contributed by atoms with Gasteiger partial charge in [-0.25, -0.2) is 0 Å². The molecule has 1 saturated heterocycles. The van der Waals surface area contributed by atoms with Crippen molar-refractivity contribution >= 4 is 5.91 Å². The van der Waals surface area contributed by atoms with Gasteiger partial charge in [-0.05, 0) is 61.3 Å². The summed E-state index contributed by atoms with van der Waals surface area (Å²) in [7, 11) is 1.65. The topological polar surface area (TPSA) is 54.5 Å². The maximum atomic E-state index is 12.7. The summed E-state index contributed by atoms with van der Waals surface area (Å²) in [6.45, 7) is 2.48. The molecule has 0 saturated carbocycles. The molecule has 1 fully saturated rings. The van der Waals surface area contributed by atoms with Crippen LogP contribution in [0, 0.1) is 0 Å². The number of carbonyl (C=O) groups is 1. The Morgan fingerprint density at radius 3 is 2.27 bits per heavy atom. The average Bonchev–Trinajstić information content (AvgIpc) is 2.95. The molecule has 0 bridgehead atoms. The van der Waals surface area contributed by atoms with E-state index in [2.05, 4.69) is 15.2 Å². The van der Waals surface area contributed by atoms with Gasteiger partial charge in [0, 0.05) is 12.4 Å². The van der Waals surface area contributed by atoms with Crippen LogP contribution >= 0.6 is 0 Å². The highest BCUT2D eigenvalue weighted by molar-refractivity contribution is 5.79. The molecule has 1 N–H and O–H groups in total. The molecule has 5 nitrogen and oxygen atoms in total. The predicted molar refractivity (Wildman–Crippen MR) is 102 cm³/mol.